The highest BCUT2D eigenvalue weighted by Crippen LogP contribution is 2.33. The third-order valence-electron chi connectivity index (χ3n) is 4.80. The van der Waals surface area contributed by atoms with Crippen LogP contribution in [-0.2, 0) is 20.7 Å². The second kappa shape index (κ2) is 7.51. The molecule has 3 rings (SSSR count). The number of nitrogens with zero attached hydrogens (tertiary/aromatic N) is 3. The van der Waals surface area contributed by atoms with Crippen molar-refractivity contribution in [3.63, 3.8) is 0 Å². The number of amides is 1. The minimum absolute atomic E-state index is 0.0414. The summed E-state index contributed by atoms with van der Waals surface area (Å²) in [7, 11) is 1.78. The van der Waals surface area contributed by atoms with Gasteiger partial charge in [0, 0.05) is 19.4 Å². The Morgan fingerprint density at radius 1 is 1.36 bits per heavy atom. The number of aromatic nitrogens is 2. The monoisotopic (exact) mass is 341 g/mol. The summed E-state index contributed by atoms with van der Waals surface area (Å²) in [5, 5.41) is 4.02. The van der Waals surface area contributed by atoms with Gasteiger partial charge < -0.3 is 9.64 Å². The Hall–Kier alpha value is -2.63. The Kier molecular flexibility index (Phi) is 5.16. The number of esters is 1. The molecule has 0 radical (unpaired) electrons. The lowest BCUT2D eigenvalue weighted by Crippen LogP contribution is -2.36. The summed E-state index contributed by atoms with van der Waals surface area (Å²) in [6.07, 6.45) is 6.32. The minimum atomic E-state index is -0.552. The summed E-state index contributed by atoms with van der Waals surface area (Å²) in [5.41, 5.74) is 2.49. The number of hydrogen-bond acceptors (Lipinski definition) is 4. The Labute approximate surface area is 147 Å². The van der Waals surface area contributed by atoms with E-state index in [4.69, 9.17) is 4.74 Å². The molecule has 1 aliphatic carbocycles. The van der Waals surface area contributed by atoms with Gasteiger partial charge >= 0.3 is 5.97 Å². The van der Waals surface area contributed by atoms with Crippen LogP contribution in [0.25, 0.3) is 0 Å². The summed E-state index contributed by atoms with van der Waals surface area (Å²) >= 11 is 0. The lowest BCUT2D eigenvalue weighted by molar-refractivity contribution is -0.155. The molecule has 6 heteroatoms. The van der Waals surface area contributed by atoms with Crippen molar-refractivity contribution in [1.29, 1.82) is 0 Å². The third kappa shape index (κ3) is 3.73. The summed E-state index contributed by atoms with van der Waals surface area (Å²) in [6, 6.07) is 9.45. The van der Waals surface area contributed by atoms with E-state index in [1.165, 1.54) is 15.8 Å². The molecular formula is C19H23N3O3. The van der Waals surface area contributed by atoms with E-state index in [1.807, 2.05) is 12.1 Å². The fraction of sp³-hybridized carbons (Fsp3) is 0.421. The number of rotatable bonds is 5. The zero-order valence-corrected chi connectivity index (χ0v) is 14.6. The fourth-order valence-corrected chi connectivity index (χ4v) is 3.28. The molecule has 0 saturated heterocycles. The number of benzene rings is 1. The van der Waals surface area contributed by atoms with Crippen LogP contribution in [0.2, 0.25) is 0 Å². The molecule has 6 nitrogen and oxygen atoms in total. The molecule has 0 aliphatic heterocycles. The van der Waals surface area contributed by atoms with Gasteiger partial charge in [0.25, 0.3) is 5.91 Å². The Morgan fingerprint density at radius 2 is 2.16 bits per heavy atom. The molecule has 2 aromatic rings. The molecule has 0 spiro atoms. The van der Waals surface area contributed by atoms with E-state index in [2.05, 4.69) is 17.2 Å². The zero-order valence-electron chi connectivity index (χ0n) is 14.6. The summed E-state index contributed by atoms with van der Waals surface area (Å²) in [5.74, 6) is -0.655. The summed E-state index contributed by atoms with van der Waals surface area (Å²) in [6.45, 7) is 1.44. The molecule has 1 aromatic heterocycles. The number of aryl methyl sites for hydroxylation is 1. The van der Waals surface area contributed by atoms with Crippen molar-refractivity contribution in [1.82, 2.24) is 14.7 Å². The van der Waals surface area contributed by atoms with Crippen LogP contribution >= 0.6 is 0 Å². The first-order valence-electron chi connectivity index (χ1n) is 8.57. The van der Waals surface area contributed by atoms with Crippen molar-refractivity contribution in [2.75, 3.05) is 13.7 Å². The van der Waals surface area contributed by atoms with Crippen LogP contribution in [0.5, 0.6) is 0 Å². The fourth-order valence-electron chi connectivity index (χ4n) is 3.28. The molecule has 1 amide bonds. The van der Waals surface area contributed by atoms with Gasteiger partial charge in [-0.1, -0.05) is 24.3 Å². The molecule has 25 heavy (non-hydrogen) atoms. The van der Waals surface area contributed by atoms with Gasteiger partial charge in [-0.15, -0.1) is 0 Å². The molecule has 132 valence electrons. The van der Waals surface area contributed by atoms with Crippen molar-refractivity contribution in [2.24, 2.45) is 0 Å². The van der Waals surface area contributed by atoms with Crippen LogP contribution in [0.3, 0.4) is 0 Å². The predicted molar refractivity (Wildman–Crippen MR) is 92.8 cm³/mol. The van der Waals surface area contributed by atoms with Crippen LogP contribution in [0.4, 0.5) is 0 Å². The highest BCUT2D eigenvalue weighted by atomic mass is 16.5. The molecule has 0 N–H and O–H groups in total. The van der Waals surface area contributed by atoms with Gasteiger partial charge in [0.15, 0.2) is 6.61 Å². The van der Waals surface area contributed by atoms with Crippen molar-refractivity contribution in [2.45, 2.75) is 38.3 Å². The highest BCUT2D eigenvalue weighted by Gasteiger charge is 2.27. The third-order valence-corrected chi connectivity index (χ3v) is 4.80. The SMILES string of the molecule is CC(C(=O)OCC(=O)N(C)C1CCCc2ccccc21)n1cccn1. The van der Waals surface area contributed by atoms with Crippen LogP contribution < -0.4 is 0 Å². The van der Waals surface area contributed by atoms with E-state index in [-0.39, 0.29) is 18.6 Å². The van der Waals surface area contributed by atoms with Crippen molar-refractivity contribution in [3.8, 4) is 0 Å². The van der Waals surface area contributed by atoms with Gasteiger partial charge in [-0.3, -0.25) is 9.48 Å². The van der Waals surface area contributed by atoms with Crippen molar-refractivity contribution < 1.29 is 14.3 Å². The molecule has 1 aromatic carbocycles. The molecule has 1 aliphatic rings. The van der Waals surface area contributed by atoms with Crippen LogP contribution in [0.15, 0.2) is 42.7 Å². The van der Waals surface area contributed by atoms with Gasteiger partial charge in [0.1, 0.15) is 6.04 Å². The first-order chi connectivity index (χ1) is 12.1. The molecule has 2 unspecified atom stereocenters. The summed E-state index contributed by atoms with van der Waals surface area (Å²) < 4.78 is 6.71. The van der Waals surface area contributed by atoms with Crippen molar-refractivity contribution >= 4 is 11.9 Å². The average molecular weight is 341 g/mol. The minimum Gasteiger partial charge on any atom is -0.454 e. The first kappa shape index (κ1) is 17.2. The lowest BCUT2D eigenvalue weighted by Gasteiger charge is -2.33. The zero-order chi connectivity index (χ0) is 17.8. The first-order valence-corrected chi connectivity index (χ1v) is 8.57. The summed E-state index contributed by atoms with van der Waals surface area (Å²) in [4.78, 5) is 26.3. The molecular weight excluding hydrogens is 318 g/mol. The van der Waals surface area contributed by atoms with E-state index in [0.29, 0.717) is 0 Å². The second-order valence-corrected chi connectivity index (χ2v) is 6.38. The topological polar surface area (TPSA) is 64.4 Å². The molecule has 0 saturated carbocycles. The maximum absolute atomic E-state index is 12.5. The number of likely N-dealkylation sites (N-methyl/N-ethyl adjacent to an activating group) is 1. The average Bonchev–Trinajstić information content (AvgIpc) is 3.18. The quantitative estimate of drug-likeness (QED) is 0.784. The van der Waals surface area contributed by atoms with E-state index in [1.54, 1.807) is 37.3 Å². The Balaban J connectivity index is 1.59. The molecule has 0 bridgehead atoms. The maximum atomic E-state index is 12.5. The number of fused-ring (bicyclic) bond motifs is 1. The van der Waals surface area contributed by atoms with Gasteiger partial charge in [-0.2, -0.15) is 5.10 Å². The Bertz CT molecular complexity index is 742. The number of ether oxygens (including phenoxy) is 1. The van der Waals surface area contributed by atoms with Crippen LogP contribution in [0, 0.1) is 0 Å². The Morgan fingerprint density at radius 3 is 2.92 bits per heavy atom. The van der Waals surface area contributed by atoms with Gasteiger partial charge in [-0.05, 0) is 43.4 Å². The van der Waals surface area contributed by atoms with Crippen LogP contribution in [0.1, 0.15) is 43.0 Å². The highest BCUT2D eigenvalue weighted by molar-refractivity contribution is 5.82. The van der Waals surface area contributed by atoms with Gasteiger partial charge in [0.2, 0.25) is 0 Å². The maximum Gasteiger partial charge on any atom is 0.331 e. The standard InChI is InChI=1S/C19H23N3O3/c1-14(22-12-6-11-20-22)19(24)25-13-18(23)21(2)17-10-5-8-15-7-3-4-9-16(15)17/h3-4,6-7,9,11-12,14,17H,5,8,10,13H2,1-2H3. The predicted octanol–water partition coefficient (Wildman–Crippen LogP) is 2.52. The number of hydrogen-bond donors (Lipinski definition) is 0. The van der Waals surface area contributed by atoms with E-state index in [0.717, 1.165) is 19.3 Å². The number of carbonyl (C=O) groups is 2. The van der Waals surface area contributed by atoms with Gasteiger partial charge in [-0.25, -0.2) is 4.79 Å². The lowest BCUT2D eigenvalue weighted by atomic mass is 9.87. The van der Waals surface area contributed by atoms with E-state index in [9.17, 15) is 9.59 Å². The largest absolute Gasteiger partial charge is 0.454 e. The molecule has 0 fully saturated rings. The second-order valence-electron chi connectivity index (χ2n) is 6.38. The number of carbonyl (C=O) groups excluding carboxylic acids is 2. The van der Waals surface area contributed by atoms with E-state index >= 15 is 0 Å². The van der Waals surface area contributed by atoms with E-state index < -0.39 is 12.0 Å². The van der Waals surface area contributed by atoms with Crippen LogP contribution in [-0.4, -0.2) is 40.2 Å². The molecule has 1 heterocycles. The van der Waals surface area contributed by atoms with Gasteiger partial charge in [0.05, 0.1) is 6.04 Å². The molecule has 2 atom stereocenters. The smallest absolute Gasteiger partial charge is 0.331 e. The van der Waals surface area contributed by atoms with Crippen molar-refractivity contribution in [3.05, 3.63) is 53.9 Å². The normalized spacial score (nSPS) is 17.4.